The molecule has 4 nitrogen and oxygen atoms in total. The van der Waals surface area contributed by atoms with E-state index in [1.807, 2.05) is 6.07 Å². The highest BCUT2D eigenvalue weighted by Crippen LogP contribution is 2.33. The Morgan fingerprint density at radius 3 is 2.95 bits per heavy atom. The minimum atomic E-state index is -0.779. The number of aliphatic carboxylic acids is 1. The summed E-state index contributed by atoms with van der Waals surface area (Å²) in [6.45, 7) is 4.44. The summed E-state index contributed by atoms with van der Waals surface area (Å²) in [5, 5.41) is 9.28. The Labute approximate surface area is 135 Å². The van der Waals surface area contributed by atoms with Crippen LogP contribution in [0.3, 0.4) is 0 Å². The molecule has 1 fully saturated rings. The summed E-state index contributed by atoms with van der Waals surface area (Å²) in [7, 11) is 0. The normalized spacial score (nSPS) is 22.6. The highest BCUT2D eigenvalue weighted by Gasteiger charge is 2.37. The van der Waals surface area contributed by atoms with Gasteiger partial charge in [-0.1, -0.05) is 18.5 Å². The Morgan fingerprint density at radius 2 is 2.40 bits per heavy atom. The Hall–Kier alpha value is -0.140. The van der Waals surface area contributed by atoms with Gasteiger partial charge in [0.05, 0.1) is 19.1 Å². The molecule has 0 spiro atoms. The third-order valence-electron chi connectivity index (χ3n) is 3.40. The Kier molecular flexibility index (Phi) is 5.86. The zero-order chi connectivity index (χ0) is 14.7. The molecule has 1 aliphatic heterocycles. The van der Waals surface area contributed by atoms with Crippen molar-refractivity contribution in [2.45, 2.75) is 25.9 Å². The molecule has 112 valence electrons. The fourth-order valence-corrected chi connectivity index (χ4v) is 4.27. The Morgan fingerprint density at radius 1 is 1.65 bits per heavy atom. The molecule has 2 unspecified atom stereocenters. The predicted octanol–water partition coefficient (Wildman–Crippen LogP) is 3.48. The van der Waals surface area contributed by atoms with Crippen molar-refractivity contribution >= 4 is 44.8 Å². The van der Waals surface area contributed by atoms with E-state index in [0.717, 1.165) is 26.7 Å². The van der Waals surface area contributed by atoms with Gasteiger partial charge in [0, 0.05) is 21.9 Å². The Balaban J connectivity index is 2.12. The molecule has 1 aliphatic rings. The first-order chi connectivity index (χ1) is 9.52. The fraction of sp³-hybridized carbons (Fsp3) is 0.615. The summed E-state index contributed by atoms with van der Waals surface area (Å²) in [6.07, 6.45) is 0.975. The molecular weight excluding hydrogens is 366 g/mol. The summed E-state index contributed by atoms with van der Waals surface area (Å²) in [4.78, 5) is 14.6. The summed E-state index contributed by atoms with van der Waals surface area (Å²) < 4.78 is 7.00. The lowest BCUT2D eigenvalue weighted by Crippen LogP contribution is -2.43. The van der Waals surface area contributed by atoms with Crippen LogP contribution >= 0.6 is 38.9 Å². The van der Waals surface area contributed by atoms with Crippen LogP contribution in [0.25, 0.3) is 0 Å². The van der Waals surface area contributed by atoms with E-state index >= 15 is 0 Å². The average molecular weight is 383 g/mol. The minimum Gasteiger partial charge on any atom is -0.481 e. The van der Waals surface area contributed by atoms with Gasteiger partial charge in [0.25, 0.3) is 0 Å². The summed E-state index contributed by atoms with van der Waals surface area (Å²) in [6, 6.07) is 1.94. The van der Waals surface area contributed by atoms with Gasteiger partial charge in [-0.15, -0.1) is 11.3 Å². The lowest BCUT2D eigenvalue weighted by molar-refractivity contribution is -0.143. The highest BCUT2D eigenvalue weighted by atomic mass is 79.9. The van der Waals surface area contributed by atoms with E-state index in [-0.39, 0.29) is 6.04 Å². The molecule has 1 aromatic rings. The summed E-state index contributed by atoms with van der Waals surface area (Å²) >= 11 is 11.0. The van der Waals surface area contributed by atoms with Crippen LogP contribution in [0.1, 0.15) is 18.2 Å². The molecule has 1 saturated heterocycles. The average Bonchev–Trinajstić information content (AvgIpc) is 2.97. The van der Waals surface area contributed by atoms with Crippen molar-refractivity contribution in [2.75, 3.05) is 19.8 Å². The second kappa shape index (κ2) is 7.22. The quantitative estimate of drug-likeness (QED) is 0.818. The number of carbonyl (C=O) groups is 1. The van der Waals surface area contributed by atoms with E-state index in [1.54, 1.807) is 0 Å². The van der Waals surface area contributed by atoms with Crippen molar-refractivity contribution in [1.29, 1.82) is 0 Å². The van der Waals surface area contributed by atoms with E-state index in [4.69, 9.17) is 16.3 Å². The van der Waals surface area contributed by atoms with E-state index in [2.05, 4.69) is 27.8 Å². The SMILES string of the molecule is CCCN(Cc1cc(Br)c(Cl)s1)C1COCC1C(=O)O. The van der Waals surface area contributed by atoms with Gasteiger partial charge in [0.1, 0.15) is 4.34 Å². The molecule has 2 atom stereocenters. The first-order valence-electron chi connectivity index (χ1n) is 6.51. The molecule has 0 radical (unpaired) electrons. The van der Waals surface area contributed by atoms with Gasteiger partial charge >= 0.3 is 5.97 Å². The molecule has 2 rings (SSSR count). The number of carboxylic acids is 1. The third kappa shape index (κ3) is 3.74. The topological polar surface area (TPSA) is 49.8 Å². The largest absolute Gasteiger partial charge is 0.481 e. The molecular formula is C13H17BrClNO3S. The van der Waals surface area contributed by atoms with Crippen LogP contribution in [-0.4, -0.2) is 41.8 Å². The maximum atomic E-state index is 11.3. The fourth-order valence-electron chi connectivity index (χ4n) is 2.46. The standard InChI is InChI=1S/C13H17BrClNO3S/c1-2-3-16(5-8-4-10(14)12(15)20-8)11-7-19-6-9(11)13(17)18/h4,9,11H,2-3,5-7H2,1H3,(H,17,18). The number of halogens is 2. The van der Waals surface area contributed by atoms with E-state index in [9.17, 15) is 9.90 Å². The first kappa shape index (κ1) is 16.2. The van der Waals surface area contributed by atoms with Gasteiger partial charge < -0.3 is 9.84 Å². The maximum Gasteiger partial charge on any atom is 0.310 e. The second-order valence-electron chi connectivity index (χ2n) is 4.85. The van der Waals surface area contributed by atoms with Crippen molar-refractivity contribution in [3.05, 3.63) is 19.8 Å². The molecule has 0 aliphatic carbocycles. The first-order valence-corrected chi connectivity index (χ1v) is 8.50. The van der Waals surface area contributed by atoms with Gasteiger partial charge in [-0.3, -0.25) is 9.69 Å². The lowest BCUT2D eigenvalue weighted by Gasteiger charge is -2.29. The molecule has 0 bridgehead atoms. The minimum absolute atomic E-state index is 0.0629. The highest BCUT2D eigenvalue weighted by molar-refractivity contribution is 9.10. The van der Waals surface area contributed by atoms with Crippen LogP contribution in [0.4, 0.5) is 0 Å². The lowest BCUT2D eigenvalue weighted by atomic mass is 10.0. The number of ether oxygens (including phenoxy) is 1. The molecule has 0 aromatic carbocycles. The van der Waals surface area contributed by atoms with Crippen LogP contribution in [0.2, 0.25) is 4.34 Å². The van der Waals surface area contributed by atoms with Crippen LogP contribution in [0.5, 0.6) is 0 Å². The molecule has 0 saturated carbocycles. The Bertz CT molecular complexity index is 463. The number of carboxylic acid groups (broad SMARTS) is 1. The van der Waals surface area contributed by atoms with Crippen molar-refractivity contribution in [3.8, 4) is 0 Å². The third-order valence-corrected chi connectivity index (χ3v) is 5.86. The van der Waals surface area contributed by atoms with Crippen molar-refractivity contribution in [2.24, 2.45) is 5.92 Å². The van der Waals surface area contributed by atoms with Crippen LogP contribution in [0.15, 0.2) is 10.5 Å². The zero-order valence-electron chi connectivity index (χ0n) is 11.1. The summed E-state index contributed by atoms with van der Waals surface area (Å²) in [5.41, 5.74) is 0. The van der Waals surface area contributed by atoms with Gasteiger partial charge in [-0.05, 0) is 35.0 Å². The predicted molar refractivity (Wildman–Crippen MR) is 83.5 cm³/mol. The molecule has 0 amide bonds. The van der Waals surface area contributed by atoms with Crippen molar-refractivity contribution < 1.29 is 14.6 Å². The molecule has 1 N–H and O–H groups in total. The molecule has 7 heteroatoms. The second-order valence-corrected chi connectivity index (χ2v) is 7.45. The number of rotatable bonds is 6. The van der Waals surface area contributed by atoms with E-state index in [0.29, 0.717) is 19.8 Å². The smallest absolute Gasteiger partial charge is 0.310 e. The van der Waals surface area contributed by atoms with Gasteiger partial charge in [-0.2, -0.15) is 0 Å². The van der Waals surface area contributed by atoms with Gasteiger partial charge in [0.15, 0.2) is 0 Å². The molecule has 2 heterocycles. The van der Waals surface area contributed by atoms with E-state index < -0.39 is 11.9 Å². The van der Waals surface area contributed by atoms with Gasteiger partial charge in [-0.25, -0.2) is 0 Å². The monoisotopic (exact) mass is 381 g/mol. The number of hydrogen-bond donors (Lipinski definition) is 1. The maximum absolute atomic E-state index is 11.3. The molecule has 20 heavy (non-hydrogen) atoms. The zero-order valence-corrected chi connectivity index (χ0v) is 14.3. The number of nitrogens with zero attached hydrogens (tertiary/aromatic N) is 1. The van der Waals surface area contributed by atoms with Crippen LogP contribution < -0.4 is 0 Å². The number of hydrogen-bond acceptors (Lipinski definition) is 4. The van der Waals surface area contributed by atoms with Crippen LogP contribution in [-0.2, 0) is 16.1 Å². The molecule has 1 aromatic heterocycles. The summed E-state index contributed by atoms with van der Waals surface area (Å²) in [5.74, 6) is -1.22. The van der Waals surface area contributed by atoms with E-state index in [1.165, 1.54) is 11.3 Å². The number of thiophene rings is 1. The van der Waals surface area contributed by atoms with Crippen molar-refractivity contribution in [3.63, 3.8) is 0 Å². The van der Waals surface area contributed by atoms with Crippen LogP contribution in [0, 0.1) is 5.92 Å². The van der Waals surface area contributed by atoms with Gasteiger partial charge in [0.2, 0.25) is 0 Å². The van der Waals surface area contributed by atoms with Crippen molar-refractivity contribution in [1.82, 2.24) is 4.90 Å².